The molecule has 0 radical (unpaired) electrons. The standard InChI is InChI=1S/C11H15ClN2O3.ClH/c1-16-9-6-10(17-2)8(5-7(9)12)14-11(15)3-4-13;/h5-6H,3-4,13H2,1-2H3,(H,14,15);1H. The zero-order valence-electron chi connectivity index (χ0n) is 10.2. The minimum Gasteiger partial charge on any atom is -0.495 e. The van der Waals surface area contributed by atoms with Crippen LogP contribution in [0.1, 0.15) is 6.42 Å². The fraction of sp³-hybridized carbons (Fsp3) is 0.364. The Morgan fingerprint density at radius 2 is 1.94 bits per heavy atom. The third-order valence-electron chi connectivity index (χ3n) is 2.12. The summed E-state index contributed by atoms with van der Waals surface area (Å²) in [5.74, 6) is 0.781. The summed E-state index contributed by atoms with van der Waals surface area (Å²) in [7, 11) is 3.01. The number of nitrogens with one attached hydrogen (secondary N) is 1. The molecule has 0 atom stereocenters. The van der Waals surface area contributed by atoms with Crippen LogP contribution < -0.4 is 20.5 Å². The van der Waals surface area contributed by atoms with E-state index in [1.807, 2.05) is 0 Å². The average Bonchev–Trinajstić information content (AvgIpc) is 2.29. The van der Waals surface area contributed by atoms with Crippen LogP contribution in [-0.4, -0.2) is 26.7 Å². The fourth-order valence-corrected chi connectivity index (χ4v) is 1.54. The summed E-state index contributed by atoms with van der Waals surface area (Å²) in [6.07, 6.45) is 0.243. The molecule has 1 rings (SSSR count). The first-order chi connectivity index (χ1) is 8.12. The number of anilines is 1. The van der Waals surface area contributed by atoms with E-state index in [-0.39, 0.29) is 31.3 Å². The SMILES string of the molecule is COc1cc(OC)c(NC(=O)CCN)cc1Cl.Cl. The second-order valence-electron chi connectivity index (χ2n) is 3.27. The van der Waals surface area contributed by atoms with Crippen LogP contribution in [0.15, 0.2) is 12.1 Å². The highest BCUT2D eigenvalue weighted by molar-refractivity contribution is 6.32. The van der Waals surface area contributed by atoms with Crippen LogP contribution in [0, 0.1) is 0 Å². The monoisotopic (exact) mass is 294 g/mol. The summed E-state index contributed by atoms with van der Waals surface area (Å²) in [6.45, 7) is 0.290. The van der Waals surface area contributed by atoms with Crippen LogP contribution in [0.2, 0.25) is 5.02 Å². The molecule has 5 nitrogen and oxygen atoms in total. The number of carbonyl (C=O) groups excluding carboxylic acids is 1. The number of amides is 1. The number of methoxy groups -OCH3 is 2. The van der Waals surface area contributed by atoms with Crippen molar-refractivity contribution in [3.63, 3.8) is 0 Å². The molecular formula is C11H16Cl2N2O3. The van der Waals surface area contributed by atoms with Gasteiger partial charge < -0.3 is 20.5 Å². The van der Waals surface area contributed by atoms with Crippen molar-refractivity contribution in [2.24, 2.45) is 5.73 Å². The molecule has 0 unspecified atom stereocenters. The number of carbonyl (C=O) groups is 1. The van der Waals surface area contributed by atoms with Gasteiger partial charge in [0.25, 0.3) is 0 Å². The number of ether oxygens (including phenoxy) is 2. The van der Waals surface area contributed by atoms with E-state index < -0.39 is 0 Å². The van der Waals surface area contributed by atoms with Crippen molar-refractivity contribution in [1.82, 2.24) is 0 Å². The lowest BCUT2D eigenvalue weighted by Gasteiger charge is -2.12. The smallest absolute Gasteiger partial charge is 0.225 e. The Labute approximate surface area is 117 Å². The van der Waals surface area contributed by atoms with E-state index in [4.69, 9.17) is 26.8 Å². The van der Waals surface area contributed by atoms with Gasteiger partial charge in [-0.25, -0.2) is 0 Å². The molecule has 0 spiro atoms. The molecule has 7 heteroatoms. The zero-order chi connectivity index (χ0) is 12.8. The van der Waals surface area contributed by atoms with Gasteiger partial charge in [0.05, 0.1) is 24.9 Å². The maximum atomic E-state index is 11.4. The van der Waals surface area contributed by atoms with Gasteiger partial charge in [0.15, 0.2) is 0 Å². The highest BCUT2D eigenvalue weighted by Crippen LogP contribution is 2.35. The first-order valence-corrected chi connectivity index (χ1v) is 5.41. The molecule has 1 amide bonds. The number of halogens is 2. The van der Waals surface area contributed by atoms with Gasteiger partial charge in [-0.2, -0.15) is 0 Å². The van der Waals surface area contributed by atoms with Crippen LogP contribution in [0.25, 0.3) is 0 Å². The second-order valence-corrected chi connectivity index (χ2v) is 3.68. The average molecular weight is 295 g/mol. The van der Waals surface area contributed by atoms with Gasteiger partial charge >= 0.3 is 0 Å². The summed E-state index contributed by atoms with van der Waals surface area (Å²) in [5.41, 5.74) is 5.79. The van der Waals surface area contributed by atoms with Crippen molar-refractivity contribution in [3.8, 4) is 11.5 Å². The third-order valence-corrected chi connectivity index (χ3v) is 2.41. The number of rotatable bonds is 5. The van der Waals surface area contributed by atoms with Gasteiger partial charge in [-0.05, 0) is 6.07 Å². The summed E-state index contributed by atoms with van der Waals surface area (Å²) < 4.78 is 10.2. The van der Waals surface area contributed by atoms with Crippen molar-refractivity contribution in [1.29, 1.82) is 0 Å². The molecule has 0 fully saturated rings. The molecule has 0 aromatic heterocycles. The van der Waals surface area contributed by atoms with Crippen LogP contribution in [-0.2, 0) is 4.79 Å². The second kappa shape index (κ2) is 8.02. The Balaban J connectivity index is 0.00000289. The van der Waals surface area contributed by atoms with E-state index in [2.05, 4.69) is 5.32 Å². The Morgan fingerprint density at radius 3 is 2.44 bits per heavy atom. The number of benzene rings is 1. The molecule has 0 heterocycles. The Hall–Kier alpha value is -1.17. The maximum absolute atomic E-state index is 11.4. The van der Waals surface area contributed by atoms with E-state index >= 15 is 0 Å². The molecule has 0 saturated heterocycles. The lowest BCUT2D eigenvalue weighted by Crippen LogP contribution is -2.16. The van der Waals surface area contributed by atoms with Crippen LogP contribution >= 0.6 is 24.0 Å². The van der Waals surface area contributed by atoms with Gasteiger partial charge in [0.1, 0.15) is 11.5 Å². The van der Waals surface area contributed by atoms with Crippen LogP contribution in [0.3, 0.4) is 0 Å². The summed E-state index contributed by atoms with van der Waals surface area (Å²) in [5, 5.41) is 3.07. The molecule has 0 aliphatic rings. The van der Waals surface area contributed by atoms with Crippen LogP contribution in [0.5, 0.6) is 11.5 Å². The van der Waals surface area contributed by atoms with E-state index in [0.717, 1.165) is 0 Å². The highest BCUT2D eigenvalue weighted by atomic mass is 35.5. The van der Waals surface area contributed by atoms with E-state index in [1.54, 1.807) is 12.1 Å². The van der Waals surface area contributed by atoms with Gasteiger partial charge in [-0.1, -0.05) is 11.6 Å². The summed E-state index contributed by atoms with van der Waals surface area (Å²) in [6, 6.07) is 3.19. The Bertz CT molecular complexity index is 414. The topological polar surface area (TPSA) is 73.6 Å². The van der Waals surface area contributed by atoms with Crippen molar-refractivity contribution in [3.05, 3.63) is 17.2 Å². The molecule has 0 saturated carbocycles. The maximum Gasteiger partial charge on any atom is 0.225 e. The van der Waals surface area contributed by atoms with Gasteiger partial charge in [0, 0.05) is 19.0 Å². The molecular weight excluding hydrogens is 279 g/mol. The van der Waals surface area contributed by atoms with Crippen molar-refractivity contribution in [2.45, 2.75) is 6.42 Å². The largest absolute Gasteiger partial charge is 0.495 e. The third kappa shape index (κ3) is 4.25. The number of nitrogens with two attached hydrogens (primary N) is 1. The highest BCUT2D eigenvalue weighted by Gasteiger charge is 2.11. The van der Waals surface area contributed by atoms with Gasteiger partial charge in [-0.15, -0.1) is 12.4 Å². The first-order valence-electron chi connectivity index (χ1n) is 5.03. The minimum atomic E-state index is -0.188. The minimum absolute atomic E-state index is 0. The molecule has 102 valence electrons. The molecule has 3 N–H and O–H groups in total. The predicted molar refractivity (Wildman–Crippen MR) is 74.1 cm³/mol. The van der Waals surface area contributed by atoms with Crippen LogP contribution in [0.4, 0.5) is 5.69 Å². The first kappa shape index (κ1) is 16.8. The molecule has 0 bridgehead atoms. The van der Waals surface area contributed by atoms with E-state index in [9.17, 15) is 4.79 Å². The molecule has 0 aliphatic carbocycles. The normalized spacial score (nSPS) is 9.33. The number of hydrogen-bond acceptors (Lipinski definition) is 4. The Kier molecular flexibility index (Phi) is 7.50. The fourth-order valence-electron chi connectivity index (χ4n) is 1.30. The Morgan fingerprint density at radius 1 is 1.33 bits per heavy atom. The van der Waals surface area contributed by atoms with Gasteiger partial charge in [-0.3, -0.25) is 4.79 Å². The van der Waals surface area contributed by atoms with E-state index in [1.165, 1.54) is 14.2 Å². The molecule has 18 heavy (non-hydrogen) atoms. The molecule has 1 aromatic carbocycles. The molecule has 1 aromatic rings. The van der Waals surface area contributed by atoms with Crippen molar-refractivity contribution in [2.75, 3.05) is 26.1 Å². The lowest BCUT2D eigenvalue weighted by molar-refractivity contribution is -0.116. The van der Waals surface area contributed by atoms with E-state index in [0.29, 0.717) is 22.2 Å². The summed E-state index contributed by atoms with van der Waals surface area (Å²) in [4.78, 5) is 11.4. The van der Waals surface area contributed by atoms with Gasteiger partial charge in [0.2, 0.25) is 5.91 Å². The predicted octanol–water partition coefficient (Wildman–Crippen LogP) is 2.07. The lowest BCUT2D eigenvalue weighted by atomic mass is 10.2. The van der Waals surface area contributed by atoms with Crippen molar-refractivity contribution >= 4 is 35.6 Å². The van der Waals surface area contributed by atoms with Crippen molar-refractivity contribution < 1.29 is 14.3 Å². The quantitative estimate of drug-likeness (QED) is 0.872. The zero-order valence-corrected chi connectivity index (χ0v) is 11.7. The summed E-state index contributed by atoms with van der Waals surface area (Å²) >= 11 is 5.96. The molecule has 0 aliphatic heterocycles. The number of hydrogen-bond donors (Lipinski definition) is 2.